The van der Waals surface area contributed by atoms with E-state index in [0.29, 0.717) is 0 Å². The first-order chi connectivity index (χ1) is 8.77. The van der Waals surface area contributed by atoms with E-state index >= 15 is 0 Å². The molecular weight excluding hydrogens is 258 g/mol. The minimum Gasteiger partial charge on any atom is -0.384 e. The Morgan fingerprint density at radius 1 is 0.947 bits per heavy atom. The van der Waals surface area contributed by atoms with Crippen molar-refractivity contribution in [2.75, 3.05) is 0 Å². The van der Waals surface area contributed by atoms with Crippen LogP contribution in [0.25, 0.3) is 22.2 Å². The Kier molecular flexibility index (Phi) is 3.58. The third kappa shape index (κ3) is 2.20. The number of para-hydroxylation sites is 1. The molecule has 96 valence electrons. The fraction of sp³-hybridized carbons (Fsp3) is 0. The number of hydrogen-bond donors (Lipinski definition) is 3. The van der Waals surface area contributed by atoms with Gasteiger partial charge in [-0.3, -0.25) is 5.41 Å². The molecule has 3 aromatic rings. The lowest BCUT2D eigenvalue weighted by molar-refractivity contribution is 1.40. The van der Waals surface area contributed by atoms with Crippen molar-refractivity contribution in [3.63, 3.8) is 0 Å². The van der Waals surface area contributed by atoms with Gasteiger partial charge in [0.15, 0.2) is 0 Å². The highest BCUT2D eigenvalue weighted by atomic mass is 35.5. The van der Waals surface area contributed by atoms with Crippen LogP contribution < -0.4 is 5.73 Å². The second-order valence-corrected chi connectivity index (χ2v) is 4.20. The quantitative estimate of drug-likeness (QED) is 0.484. The van der Waals surface area contributed by atoms with Gasteiger partial charge in [-0.1, -0.05) is 48.5 Å². The van der Waals surface area contributed by atoms with E-state index in [1.165, 1.54) is 0 Å². The Hall–Kier alpha value is -2.26. The highest BCUT2D eigenvalue weighted by Crippen LogP contribution is 2.29. The maximum atomic E-state index is 7.78. The molecule has 0 unspecified atom stereocenters. The summed E-state index contributed by atoms with van der Waals surface area (Å²) >= 11 is 0. The van der Waals surface area contributed by atoms with Crippen LogP contribution in [0.1, 0.15) is 5.56 Å². The van der Waals surface area contributed by atoms with Crippen molar-refractivity contribution in [1.29, 1.82) is 5.41 Å². The minimum atomic E-state index is 0. The largest absolute Gasteiger partial charge is 0.384 e. The molecule has 1 heterocycles. The number of amidine groups is 1. The molecule has 19 heavy (non-hydrogen) atoms. The number of benzene rings is 2. The monoisotopic (exact) mass is 271 g/mol. The predicted octanol–water partition coefficient (Wildman–Crippen LogP) is 3.54. The maximum Gasteiger partial charge on any atom is 0.125 e. The Balaban J connectivity index is 0.00000133. The van der Waals surface area contributed by atoms with Crippen LogP contribution >= 0.6 is 12.4 Å². The molecule has 1 aromatic heterocycles. The van der Waals surface area contributed by atoms with E-state index < -0.39 is 0 Å². The second kappa shape index (κ2) is 5.16. The number of hydrogen-bond acceptors (Lipinski definition) is 1. The lowest BCUT2D eigenvalue weighted by Gasteiger charge is -2.02. The molecule has 0 fully saturated rings. The van der Waals surface area contributed by atoms with Crippen molar-refractivity contribution in [2.24, 2.45) is 5.73 Å². The number of halogens is 1. The fourth-order valence-corrected chi connectivity index (χ4v) is 2.24. The number of nitrogens with two attached hydrogens (primary N) is 1. The molecule has 0 saturated heterocycles. The van der Waals surface area contributed by atoms with Crippen molar-refractivity contribution in [3.8, 4) is 11.3 Å². The first-order valence-electron chi connectivity index (χ1n) is 5.78. The molecule has 0 spiro atoms. The average molecular weight is 272 g/mol. The molecule has 4 heteroatoms. The van der Waals surface area contributed by atoms with Crippen LogP contribution in [0.4, 0.5) is 0 Å². The van der Waals surface area contributed by atoms with Gasteiger partial charge in [-0.15, -0.1) is 12.4 Å². The number of H-pyrrole nitrogens is 1. The minimum absolute atomic E-state index is 0. The van der Waals surface area contributed by atoms with E-state index in [2.05, 4.69) is 4.98 Å². The van der Waals surface area contributed by atoms with Crippen molar-refractivity contribution in [1.82, 2.24) is 4.98 Å². The summed E-state index contributed by atoms with van der Waals surface area (Å²) in [5, 5.41) is 8.77. The van der Waals surface area contributed by atoms with E-state index in [1.54, 1.807) is 0 Å². The van der Waals surface area contributed by atoms with Crippen LogP contribution in [-0.4, -0.2) is 10.8 Å². The van der Waals surface area contributed by atoms with Crippen LogP contribution in [-0.2, 0) is 0 Å². The Labute approximate surface area is 117 Å². The molecular formula is C15H14ClN3. The zero-order valence-corrected chi connectivity index (χ0v) is 11.0. The number of aromatic amines is 1. The topological polar surface area (TPSA) is 65.7 Å². The van der Waals surface area contributed by atoms with Crippen molar-refractivity contribution < 1.29 is 0 Å². The molecule has 0 bridgehead atoms. The Morgan fingerprint density at radius 2 is 1.58 bits per heavy atom. The van der Waals surface area contributed by atoms with Crippen LogP contribution in [0.3, 0.4) is 0 Å². The van der Waals surface area contributed by atoms with Gasteiger partial charge in [-0.2, -0.15) is 0 Å². The molecule has 3 rings (SSSR count). The van der Waals surface area contributed by atoms with E-state index in [9.17, 15) is 0 Å². The highest BCUT2D eigenvalue weighted by molar-refractivity contribution is 6.12. The molecule has 0 radical (unpaired) electrons. The summed E-state index contributed by atoms with van der Waals surface area (Å²) in [7, 11) is 0. The predicted molar refractivity (Wildman–Crippen MR) is 82.0 cm³/mol. The molecule has 0 aliphatic rings. The number of rotatable bonds is 2. The molecule has 0 aliphatic heterocycles. The van der Waals surface area contributed by atoms with E-state index in [1.807, 2.05) is 54.6 Å². The smallest absolute Gasteiger partial charge is 0.125 e. The third-order valence-electron chi connectivity index (χ3n) is 3.04. The van der Waals surface area contributed by atoms with Gasteiger partial charge in [0.25, 0.3) is 0 Å². The Morgan fingerprint density at radius 3 is 2.26 bits per heavy atom. The van der Waals surface area contributed by atoms with Crippen LogP contribution in [0, 0.1) is 5.41 Å². The van der Waals surface area contributed by atoms with Crippen LogP contribution in [0.5, 0.6) is 0 Å². The molecule has 3 nitrogen and oxygen atoms in total. The first-order valence-corrected chi connectivity index (χ1v) is 5.78. The molecule has 0 aliphatic carbocycles. The molecule has 0 atom stereocenters. The van der Waals surface area contributed by atoms with Gasteiger partial charge >= 0.3 is 0 Å². The zero-order valence-electron chi connectivity index (χ0n) is 10.2. The molecule has 0 saturated carbocycles. The highest BCUT2D eigenvalue weighted by Gasteiger charge is 2.14. The van der Waals surface area contributed by atoms with E-state index in [0.717, 1.165) is 27.7 Å². The SMILES string of the molecule is Cl.N=C(N)c1c(-c2ccccc2)[nH]c2ccccc12. The number of fused-ring (bicyclic) bond motifs is 1. The van der Waals surface area contributed by atoms with E-state index in [-0.39, 0.29) is 18.2 Å². The summed E-state index contributed by atoms with van der Waals surface area (Å²) in [6, 6.07) is 17.8. The molecule has 2 aromatic carbocycles. The van der Waals surface area contributed by atoms with Gasteiger partial charge in [-0.05, 0) is 11.6 Å². The molecule has 4 N–H and O–H groups in total. The summed E-state index contributed by atoms with van der Waals surface area (Å²) in [5.41, 5.74) is 9.45. The van der Waals surface area contributed by atoms with Gasteiger partial charge in [-0.25, -0.2) is 0 Å². The summed E-state index contributed by atoms with van der Waals surface area (Å²) in [6.45, 7) is 0. The average Bonchev–Trinajstić information content (AvgIpc) is 2.79. The second-order valence-electron chi connectivity index (χ2n) is 4.20. The van der Waals surface area contributed by atoms with E-state index in [4.69, 9.17) is 11.1 Å². The lowest BCUT2D eigenvalue weighted by Crippen LogP contribution is -2.11. The van der Waals surface area contributed by atoms with Gasteiger partial charge in [0.2, 0.25) is 0 Å². The van der Waals surface area contributed by atoms with Crippen molar-refractivity contribution >= 4 is 29.1 Å². The summed E-state index contributed by atoms with van der Waals surface area (Å²) in [5.74, 6) is 0.0892. The standard InChI is InChI=1S/C15H13N3.ClH/c16-15(17)13-11-8-4-5-9-12(11)18-14(13)10-6-2-1-3-7-10;/h1-9,18H,(H3,16,17);1H. The summed E-state index contributed by atoms with van der Waals surface area (Å²) in [6.07, 6.45) is 0. The number of nitrogen functional groups attached to an aromatic ring is 1. The van der Waals surface area contributed by atoms with Gasteiger partial charge in [0.05, 0.1) is 5.69 Å². The van der Waals surface area contributed by atoms with Crippen LogP contribution in [0.2, 0.25) is 0 Å². The fourth-order valence-electron chi connectivity index (χ4n) is 2.24. The normalized spacial score (nSPS) is 10.1. The zero-order chi connectivity index (χ0) is 12.5. The summed E-state index contributed by atoms with van der Waals surface area (Å²) < 4.78 is 0. The van der Waals surface area contributed by atoms with Gasteiger partial charge in [0, 0.05) is 16.5 Å². The molecule has 0 amide bonds. The number of nitrogens with one attached hydrogen (secondary N) is 2. The first kappa shape index (κ1) is 13.2. The van der Waals surface area contributed by atoms with Crippen molar-refractivity contribution in [2.45, 2.75) is 0 Å². The van der Waals surface area contributed by atoms with Gasteiger partial charge in [0.1, 0.15) is 5.84 Å². The lowest BCUT2D eigenvalue weighted by atomic mass is 10.0. The third-order valence-corrected chi connectivity index (χ3v) is 3.04. The van der Waals surface area contributed by atoms with Gasteiger partial charge < -0.3 is 10.7 Å². The van der Waals surface area contributed by atoms with Crippen LogP contribution in [0.15, 0.2) is 54.6 Å². The summed E-state index contributed by atoms with van der Waals surface area (Å²) in [4.78, 5) is 3.34. The number of aromatic nitrogens is 1. The maximum absolute atomic E-state index is 7.78. The van der Waals surface area contributed by atoms with Crippen molar-refractivity contribution in [3.05, 3.63) is 60.2 Å². The Bertz CT molecular complexity index is 717.